The van der Waals surface area contributed by atoms with Gasteiger partial charge in [0.2, 0.25) is 5.91 Å². The molecular formula is C6H13N2O2. The van der Waals surface area contributed by atoms with Gasteiger partial charge in [-0.2, -0.15) is 0 Å². The van der Waals surface area contributed by atoms with E-state index in [1.807, 2.05) is 0 Å². The van der Waals surface area contributed by atoms with Crippen LogP contribution in [0, 0.1) is 0 Å². The molecule has 1 radical (unpaired) electrons. The zero-order valence-electron chi connectivity index (χ0n) is 6.39. The standard InChI is InChI=1S/C6H13N2O2/c1-7-3-4-8-6(9)5-10-2/h3-5H2,1-2H3,(H,8,9). The van der Waals surface area contributed by atoms with Crippen LogP contribution in [0.25, 0.3) is 0 Å². The highest BCUT2D eigenvalue weighted by Crippen LogP contribution is 1.67. The molecule has 0 spiro atoms. The average Bonchev–Trinajstić information content (AvgIpc) is 1.89. The smallest absolute Gasteiger partial charge is 0.246 e. The highest BCUT2D eigenvalue weighted by atomic mass is 16.5. The molecule has 0 aromatic rings. The molecule has 1 amide bonds. The first-order valence-corrected chi connectivity index (χ1v) is 3.12. The summed E-state index contributed by atoms with van der Waals surface area (Å²) in [5.41, 5.74) is 0. The van der Waals surface area contributed by atoms with Gasteiger partial charge in [0, 0.05) is 27.2 Å². The zero-order valence-corrected chi connectivity index (χ0v) is 6.39. The van der Waals surface area contributed by atoms with Gasteiger partial charge in [-0.05, 0) is 0 Å². The summed E-state index contributed by atoms with van der Waals surface area (Å²) in [7, 11) is 3.20. The lowest BCUT2D eigenvalue weighted by molar-refractivity contribution is -0.124. The molecule has 59 valence electrons. The minimum Gasteiger partial charge on any atom is -0.375 e. The first kappa shape index (κ1) is 9.39. The molecule has 0 heterocycles. The van der Waals surface area contributed by atoms with Crippen molar-refractivity contribution in [2.45, 2.75) is 0 Å². The lowest BCUT2D eigenvalue weighted by atomic mass is 10.5. The van der Waals surface area contributed by atoms with Crippen LogP contribution in [0.3, 0.4) is 0 Å². The van der Waals surface area contributed by atoms with Crippen molar-refractivity contribution < 1.29 is 9.53 Å². The van der Waals surface area contributed by atoms with Crippen LogP contribution in [0.1, 0.15) is 0 Å². The Morgan fingerprint density at radius 1 is 1.70 bits per heavy atom. The molecule has 0 bridgehead atoms. The van der Waals surface area contributed by atoms with E-state index in [1.54, 1.807) is 7.05 Å². The van der Waals surface area contributed by atoms with Crippen molar-refractivity contribution in [3.05, 3.63) is 0 Å². The summed E-state index contributed by atoms with van der Waals surface area (Å²) in [5, 5.41) is 6.44. The number of carbonyl (C=O) groups excluding carboxylic acids is 1. The van der Waals surface area contributed by atoms with Gasteiger partial charge in [0.1, 0.15) is 6.61 Å². The van der Waals surface area contributed by atoms with Gasteiger partial charge in [-0.15, -0.1) is 0 Å². The third-order valence-corrected chi connectivity index (χ3v) is 0.933. The monoisotopic (exact) mass is 145 g/mol. The van der Waals surface area contributed by atoms with Gasteiger partial charge in [0.15, 0.2) is 0 Å². The number of carbonyl (C=O) groups is 1. The molecule has 4 nitrogen and oxygen atoms in total. The fourth-order valence-corrected chi connectivity index (χ4v) is 0.489. The molecule has 0 atom stereocenters. The van der Waals surface area contributed by atoms with Crippen LogP contribution in [0.2, 0.25) is 0 Å². The Kier molecular flexibility index (Phi) is 6.11. The zero-order chi connectivity index (χ0) is 7.82. The lowest BCUT2D eigenvalue weighted by Crippen LogP contribution is -2.31. The van der Waals surface area contributed by atoms with Crippen LogP contribution < -0.4 is 10.6 Å². The van der Waals surface area contributed by atoms with E-state index < -0.39 is 0 Å². The van der Waals surface area contributed by atoms with Gasteiger partial charge in [-0.25, -0.2) is 5.32 Å². The summed E-state index contributed by atoms with van der Waals surface area (Å²) in [6, 6.07) is 0. The number of hydrogen-bond donors (Lipinski definition) is 1. The summed E-state index contributed by atoms with van der Waals surface area (Å²) >= 11 is 0. The predicted molar refractivity (Wildman–Crippen MR) is 37.8 cm³/mol. The second-order valence-corrected chi connectivity index (χ2v) is 1.82. The molecule has 0 rings (SSSR count). The van der Waals surface area contributed by atoms with Gasteiger partial charge in [-0.1, -0.05) is 0 Å². The Morgan fingerprint density at radius 3 is 2.90 bits per heavy atom. The van der Waals surface area contributed by atoms with Crippen molar-refractivity contribution in [1.82, 2.24) is 10.6 Å². The van der Waals surface area contributed by atoms with Crippen LogP contribution >= 0.6 is 0 Å². The van der Waals surface area contributed by atoms with Crippen LogP contribution in [-0.2, 0) is 9.53 Å². The molecule has 0 aromatic carbocycles. The molecule has 0 aliphatic carbocycles. The third-order valence-electron chi connectivity index (χ3n) is 0.933. The normalized spacial score (nSPS) is 9.40. The van der Waals surface area contributed by atoms with Crippen LogP contribution in [-0.4, -0.2) is 39.8 Å². The van der Waals surface area contributed by atoms with Crippen molar-refractivity contribution in [3.8, 4) is 0 Å². The number of nitrogens with one attached hydrogen (secondary N) is 1. The first-order chi connectivity index (χ1) is 4.81. The SMILES string of the molecule is C[N]CCNC(=O)COC. The molecule has 0 saturated heterocycles. The first-order valence-electron chi connectivity index (χ1n) is 3.12. The second-order valence-electron chi connectivity index (χ2n) is 1.82. The molecular weight excluding hydrogens is 132 g/mol. The number of methoxy groups -OCH3 is 1. The van der Waals surface area contributed by atoms with Crippen molar-refractivity contribution in [2.75, 3.05) is 33.9 Å². The molecule has 0 unspecified atom stereocenters. The molecule has 1 N–H and O–H groups in total. The van der Waals surface area contributed by atoms with Gasteiger partial charge in [0.05, 0.1) is 0 Å². The summed E-state index contributed by atoms with van der Waals surface area (Å²) in [4.78, 5) is 10.6. The Labute approximate surface area is 60.9 Å². The number of amides is 1. The van der Waals surface area contributed by atoms with Crippen molar-refractivity contribution in [1.29, 1.82) is 0 Å². The maximum Gasteiger partial charge on any atom is 0.246 e. The maximum atomic E-state index is 10.6. The highest BCUT2D eigenvalue weighted by Gasteiger charge is 1.96. The molecule has 0 aliphatic rings. The average molecular weight is 145 g/mol. The summed E-state index contributed by atoms with van der Waals surface area (Å²) in [6.07, 6.45) is 0. The molecule has 0 fully saturated rings. The van der Waals surface area contributed by atoms with Gasteiger partial charge >= 0.3 is 0 Å². The molecule has 0 aromatic heterocycles. The Balaban J connectivity index is 3.05. The van der Waals surface area contributed by atoms with E-state index in [-0.39, 0.29) is 12.5 Å². The van der Waals surface area contributed by atoms with E-state index in [9.17, 15) is 4.79 Å². The van der Waals surface area contributed by atoms with Crippen molar-refractivity contribution in [3.63, 3.8) is 0 Å². The van der Waals surface area contributed by atoms with Gasteiger partial charge in [-0.3, -0.25) is 4.79 Å². The summed E-state index contributed by atoms with van der Waals surface area (Å²) < 4.78 is 4.59. The van der Waals surface area contributed by atoms with Crippen LogP contribution in [0.4, 0.5) is 0 Å². The Hall–Kier alpha value is -0.610. The van der Waals surface area contributed by atoms with E-state index in [1.165, 1.54) is 7.11 Å². The van der Waals surface area contributed by atoms with E-state index in [4.69, 9.17) is 0 Å². The summed E-state index contributed by atoms with van der Waals surface area (Å²) in [5.74, 6) is -0.0915. The number of nitrogens with zero attached hydrogens (tertiary/aromatic N) is 1. The molecule has 10 heavy (non-hydrogen) atoms. The Bertz CT molecular complexity index is 95.7. The Morgan fingerprint density at radius 2 is 2.40 bits per heavy atom. The molecule has 4 heteroatoms. The fraction of sp³-hybridized carbons (Fsp3) is 0.833. The topological polar surface area (TPSA) is 52.4 Å². The van der Waals surface area contributed by atoms with Crippen molar-refractivity contribution >= 4 is 5.91 Å². The van der Waals surface area contributed by atoms with E-state index in [0.29, 0.717) is 13.1 Å². The third kappa shape index (κ3) is 5.53. The number of likely N-dealkylation sites (N-methyl/N-ethyl adjacent to an activating group) is 1. The predicted octanol–water partition coefficient (Wildman–Crippen LogP) is -1.02. The minimum atomic E-state index is -0.0915. The van der Waals surface area contributed by atoms with Crippen LogP contribution in [0.15, 0.2) is 0 Å². The van der Waals surface area contributed by atoms with Crippen molar-refractivity contribution in [2.24, 2.45) is 0 Å². The lowest BCUT2D eigenvalue weighted by Gasteiger charge is -2.01. The fourth-order valence-electron chi connectivity index (χ4n) is 0.489. The number of hydrogen-bond acceptors (Lipinski definition) is 2. The van der Waals surface area contributed by atoms with Gasteiger partial charge < -0.3 is 10.1 Å². The maximum absolute atomic E-state index is 10.6. The minimum absolute atomic E-state index is 0.0915. The quantitative estimate of drug-likeness (QED) is 0.504. The van der Waals surface area contributed by atoms with E-state index >= 15 is 0 Å². The number of ether oxygens (including phenoxy) is 1. The summed E-state index contributed by atoms with van der Waals surface area (Å²) in [6.45, 7) is 1.39. The molecule has 0 saturated carbocycles. The van der Waals surface area contributed by atoms with E-state index in [2.05, 4.69) is 15.4 Å². The molecule has 0 aliphatic heterocycles. The highest BCUT2D eigenvalue weighted by molar-refractivity contribution is 5.77. The second kappa shape index (κ2) is 6.51. The van der Waals surface area contributed by atoms with Gasteiger partial charge in [0.25, 0.3) is 0 Å². The van der Waals surface area contributed by atoms with Crippen LogP contribution in [0.5, 0.6) is 0 Å². The van der Waals surface area contributed by atoms with E-state index in [0.717, 1.165) is 0 Å². The number of rotatable bonds is 5. The largest absolute Gasteiger partial charge is 0.375 e.